The molecule has 0 spiro atoms. The van der Waals surface area contributed by atoms with Crippen LogP contribution in [0.4, 0.5) is 10.5 Å². The molecule has 2 aliphatic rings. The predicted octanol–water partition coefficient (Wildman–Crippen LogP) is 4.93. The molecule has 0 unspecified atom stereocenters. The number of carbonyl (C=O) groups is 2. The second-order valence-corrected chi connectivity index (χ2v) is 9.16. The summed E-state index contributed by atoms with van der Waals surface area (Å²) in [4.78, 5) is 28.1. The van der Waals surface area contributed by atoms with E-state index >= 15 is 0 Å². The molecule has 172 valence electrons. The number of halogens is 2. The maximum atomic E-state index is 13.3. The van der Waals surface area contributed by atoms with Crippen LogP contribution in [0, 0.1) is 0 Å². The summed E-state index contributed by atoms with van der Waals surface area (Å²) in [5.41, 5.74) is 8.26. The third kappa shape index (κ3) is 4.45. The summed E-state index contributed by atoms with van der Waals surface area (Å²) >= 11 is 6.22. The van der Waals surface area contributed by atoms with E-state index in [1.54, 1.807) is 29.2 Å². The number of nitrogens with two attached hydrogens (primary N) is 1. The van der Waals surface area contributed by atoms with E-state index in [1.807, 2.05) is 23.1 Å². The summed E-state index contributed by atoms with van der Waals surface area (Å²) in [5.74, 6) is -0.973. The van der Waals surface area contributed by atoms with Crippen molar-refractivity contribution in [1.82, 2.24) is 4.90 Å². The molecule has 1 aliphatic heterocycles. The van der Waals surface area contributed by atoms with Crippen molar-refractivity contribution >= 4 is 41.7 Å². The van der Waals surface area contributed by atoms with Gasteiger partial charge in [-0.25, -0.2) is 9.59 Å². The fourth-order valence-corrected chi connectivity index (χ4v) is 5.33. The fraction of sp³-hybridized carbons (Fsp3) is 0.417. The number of hydrogen-bond acceptors (Lipinski definition) is 3. The van der Waals surface area contributed by atoms with E-state index in [0.29, 0.717) is 13.1 Å². The highest BCUT2D eigenvalue weighted by molar-refractivity contribution is 6.30. The number of hydrogen-bond donors (Lipinski definition) is 2. The normalized spacial score (nSPS) is 25.5. The summed E-state index contributed by atoms with van der Waals surface area (Å²) in [6.07, 6.45) is 3.62. The Bertz CT molecular complexity index is 975. The Kier molecular flexibility index (Phi) is 7.38. The number of amides is 2. The average Bonchev–Trinajstić information content (AvgIpc) is 3.07. The Labute approximate surface area is 199 Å². The van der Waals surface area contributed by atoms with Crippen molar-refractivity contribution < 1.29 is 14.7 Å². The molecule has 2 fully saturated rings. The first kappa shape index (κ1) is 24.4. The third-order valence-electron chi connectivity index (χ3n) is 6.93. The van der Waals surface area contributed by atoms with Gasteiger partial charge in [0.05, 0.1) is 5.56 Å². The lowest BCUT2D eigenvalue weighted by Gasteiger charge is -2.43. The molecule has 8 heteroatoms. The van der Waals surface area contributed by atoms with E-state index in [1.165, 1.54) is 5.56 Å². The van der Waals surface area contributed by atoms with E-state index in [0.717, 1.165) is 36.4 Å². The minimum atomic E-state index is -0.973. The number of urea groups is 1. The van der Waals surface area contributed by atoms with E-state index in [9.17, 15) is 9.59 Å². The Hall–Kier alpha value is -2.28. The number of benzene rings is 2. The number of rotatable bonds is 5. The number of carboxylic acids is 1. The molecule has 1 saturated carbocycles. The number of anilines is 1. The molecule has 1 heterocycles. The summed E-state index contributed by atoms with van der Waals surface area (Å²) in [7, 11) is 0. The molecular weight excluding hydrogens is 449 g/mol. The third-order valence-corrected chi connectivity index (χ3v) is 7.17. The molecule has 4 rings (SSSR count). The van der Waals surface area contributed by atoms with E-state index in [4.69, 9.17) is 22.4 Å². The first-order chi connectivity index (χ1) is 14.8. The fourth-order valence-electron chi connectivity index (χ4n) is 5.14. The molecule has 0 aromatic heterocycles. The second kappa shape index (κ2) is 9.69. The summed E-state index contributed by atoms with van der Waals surface area (Å²) in [6.45, 7) is 3.23. The van der Waals surface area contributed by atoms with Gasteiger partial charge in [0.1, 0.15) is 0 Å². The number of nitrogens with zero attached hydrogens (tertiary/aromatic N) is 2. The van der Waals surface area contributed by atoms with Crippen LogP contribution < -0.4 is 10.6 Å². The first-order valence-electron chi connectivity index (χ1n) is 10.7. The smallest absolute Gasteiger partial charge is 0.335 e. The lowest BCUT2D eigenvalue weighted by atomic mass is 9.68. The monoisotopic (exact) mass is 477 g/mol. The zero-order valence-electron chi connectivity index (χ0n) is 18.0. The maximum Gasteiger partial charge on any atom is 0.335 e. The Morgan fingerprint density at radius 1 is 1.19 bits per heavy atom. The number of carbonyl (C=O) groups excluding carboxylic acids is 1. The van der Waals surface area contributed by atoms with Crippen molar-refractivity contribution in [2.24, 2.45) is 5.73 Å². The van der Waals surface area contributed by atoms with Gasteiger partial charge in [-0.05, 0) is 74.6 Å². The second-order valence-electron chi connectivity index (χ2n) is 8.73. The molecule has 1 aliphatic carbocycles. The van der Waals surface area contributed by atoms with Gasteiger partial charge in [0.2, 0.25) is 0 Å². The molecule has 3 N–H and O–H groups in total. The molecule has 1 saturated heterocycles. The largest absolute Gasteiger partial charge is 0.478 e. The highest BCUT2D eigenvalue weighted by Gasteiger charge is 2.44. The Morgan fingerprint density at radius 3 is 2.41 bits per heavy atom. The molecule has 2 aromatic rings. The van der Waals surface area contributed by atoms with Crippen LogP contribution in [0.1, 0.15) is 48.5 Å². The molecule has 0 radical (unpaired) electrons. The maximum absolute atomic E-state index is 13.3. The zero-order valence-corrected chi connectivity index (χ0v) is 19.6. The molecule has 0 bridgehead atoms. The molecule has 32 heavy (non-hydrogen) atoms. The van der Waals surface area contributed by atoms with Crippen molar-refractivity contribution in [2.75, 3.05) is 18.0 Å². The van der Waals surface area contributed by atoms with Crippen molar-refractivity contribution in [2.45, 2.75) is 50.1 Å². The quantitative estimate of drug-likeness (QED) is 0.638. The molecule has 2 amide bonds. The molecule has 1 atom stereocenters. The van der Waals surface area contributed by atoms with Crippen LogP contribution in [-0.4, -0.2) is 47.2 Å². The number of aromatic carboxylic acids is 1. The minimum Gasteiger partial charge on any atom is -0.478 e. The van der Waals surface area contributed by atoms with E-state index < -0.39 is 5.97 Å². The van der Waals surface area contributed by atoms with Crippen LogP contribution >= 0.6 is 24.0 Å². The highest BCUT2D eigenvalue weighted by Crippen LogP contribution is 2.42. The minimum absolute atomic E-state index is 0. The van der Waals surface area contributed by atoms with Gasteiger partial charge < -0.3 is 15.7 Å². The standard InChI is InChI=1S/C24H28ClN3O3.ClH/c1-16-14-27(20-7-5-17(6-8-20)22(29)30)23(31)28(16)21-9-11-24(15-26,12-10-21)18-3-2-4-19(25)13-18;/h2-8,13,16,21H,9-12,14-15,26H2,1H3,(H,29,30);1H/t16-,21-,24-;/m1./s1. The van der Waals surface area contributed by atoms with Crippen LogP contribution in [0.2, 0.25) is 5.02 Å². The van der Waals surface area contributed by atoms with Crippen molar-refractivity contribution in [1.29, 1.82) is 0 Å². The lowest BCUT2D eigenvalue weighted by Crippen LogP contribution is -2.48. The van der Waals surface area contributed by atoms with Gasteiger partial charge in [0.25, 0.3) is 0 Å². The van der Waals surface area contributed by atoms with Crippen LogP contribution in [0.25, 0.3) is 0 Å². The Balaban J connectivity index is 0.00000289. The first-order valence-corrected chi connectivity index (χ1v) is 11.1. The van der Waals surface area contributed by atoms with Gasteiger partial charge in [0.15, 0.2) is 0 Å². The SMILES string of the molecule is C[C@@H]1CN(c2ccc(C(=O)O)cc2)C(=O)N1[C@H]1CC[C@](CN)(c2cccc(Cl)c2)CC1.Cl. The molecule has 2 aromatic carbocycles. The van der Waals surface area contributed by atoms with Gasteiger partial charge in [-0.2, -0.15) is 0 Å². The zero-order chi connectivity index (χ0) is 22.2. The molecular formula is C24H29Cl2N3O3. The average molecular weight is 478 g/mol. The number of carboxylic acid groups (broad SMARTS) is 1. The lowest BCUT2D eigenvalue weighted by molar-refractivity contribution is 0.0697. The van der Waals surface area contributed by atoms with E-state index in [2.05, 4.69) is 13.0 Å². The highest BCUT2D eigenvalue weighted by atomic mass is 35.5. The van der Waals surface area contributed by atoms with Crippen LogP contribution in [0.5, 0.6) is 0 Å². The van der Waals surface area contributed by atoms with Gasteiger partial charge in [-0.3, -0.25) is 4.90 Å². The van der Waals surface area contributed by atoms with Gasteiger partial charge >= 0.3 is 12.0 Å². The summed E-state index contributed by atoms with van der Waals surface area (Å²) < 4.78 is 0. The van der Waals surface area contributed by atoms with Crippen molar-refractivity contribution in [3.63, 3.8) is 0 Å². The van der Waals surface area contributed by atoms with Crippen molar-refractivity contribution in [3.05, 3.63) is 64.7 Å². The predicted molar refractivity (Wildman–Crippen MR) is 129 cm³/mol. The van der Waals surface area contributed by atoms with Gasteiger partial charge in [0, 0.05) is 41.3 Å². The topological polar surface area (TPSA) is 86.9 Å². The van der Waals surface area contributed by atoms with E-state index in [-0.39, 0.29) is 41.5 Å². The van der Waals surface area contributed by atoms with Crippen molar-refractivity contribution in [3.8, 4) is 0 Å². The Morgan fingerprint density at radius 2 is 1.84 bits per heavy atom. The summed E-state index contributed by atoms with van der Waals surface area (Å²) in [5, 5.41) is 9.83. The van der Waals surface area contributed by atoms with Crippen LogP contribution in [-0.2, 0) is 5.41 Å². The van der Waals surface area contributed by atoms with Gasteiger partial charge in [-0.15, -0.1) is 12.4 Å². The van der Waals surface area contributed by atoms with Crippen LogP contribution in [0.15, 0.2) is 48.5 Å². The summed E-state index contributed by atoms with van der Waals surface area (Å²) in [6, 6.07) is 14.7. The van der Waals surface area contributed by atoms with Gasteiger partial charge in [-0.1, -0.05) is 23.7 Å². The van der Waals surface area contributed by atoms with Crippen LogP contribution in [0.3, 0.4) is 0 Å². The molecule has 6 nitrogen and oxygen atoms in total.